The molecule has 0 radical (unpaired) electrons. The fourth-order valence-electron chi connectivity index (χ4n) is 8.12. The first-order chi connectivity index (χ1) is 36.7. The summed E-state index contributed by atoms with van der Waals surface area (Å²) in [4.78, 5) is 52.6. The number of nitrogens with zero attached hydrogens (tertiary/aromatic N) is 12. The molecule has 0 aliphatic heterocycles. The van der Waals surface area contributed by atoms with E-state index in [1.165, 1.54) is 34.6 Å². The SMILES string of the molecule is COc1nnc(NC(=O)c2c[n+](-c3ccc(-c4cc(C)[n+](-n5ncc6cc(-c7cc(C)ncc7C(=O)Nc7nnc(OC)s7)c(OC)cc65)cc4C(=O)Nc4nnc(OC)s4)cc3Cl)c(C)cc2-c2ccnc(Cl)c2)s1. The Labute approximate surface area is 452 Å². The number of rotatable bonds is 15. The molecule has 8 aromatic heterocycles. The smallest absolute Gasteiger partial charge is 0.295 e. The Morgan fingerprint density at radius 1 is 0.579 bits per heavy atom. The van der Waals surface area contributed by atoms with Crippen LogP contribution in [0.3, 0.4) is 0 Å². The average molecular weight is 1120 g/mol. The lowest BCUT2D eigenvalue weighted by molar-refractivity contribution is -0.737. The topological polar surface area (TPSA) is 253 Å². The number of benzene rings is 2. The third-order valence-electron chi connectivity index (χ3n) is 11.6. The summed E-state index contributed by atoms with van der Waals surface area (Å²) in [6, 6.07) is 18.0. The highest BCUT2D eigenvalue weighted by Crippen LogP contribution is 2.38. The zero-order valence-electron chi connectivity index (χ0n) is 40.9. The molecule has 2 aromatic carbocycles. The molecular weight excluding hydrogens is 1080 g/mol. The maximum Gasteiger partial charge on any atom is 0.295 e. The zero-order valence-corrected chi connectivity index (χ0v) is 44.8. The van der Waals surface area contributed by atoms with E-state index in [0.717, 1.165) is 39.7 Å². The second-order valence-corrected chi connectivity index (χ2v) is 20.0. The quantitative estimate of drug-likeness (QED) is 0.0645. The lowest BCUT2D eigenvalue weighted by atomic mass is 9.98. The van der Waals surface area contributed by atoms with Crippen molar-refractivity contribution in [3.63, 3.8) is 0 Å². The third kappa shape index (κ3) is 10.2. The van der Waals surface area contributed by atoms with Crippen LogP contribution in [0.1, 0.15) is 48.2 Å². The lowest BCUT2D eigenvalue weighted by Gasteiger charge is -2.15. The Morgan fingerprint density at radius 3 is 1.72 bits per heavy atom. The van der Waals surface area contributed by atoms with Crippen molar-refractivity contribution >= 4 is 101 Å². The minimum absolute atomic E-state index is 0.201. The number of methoxy groups -OCH3 is 4. The molecule has 0 fully saturated rings. The largest absolute Gasteiger partial charge is 0.496 e. The highest BCUT2D eigenvalue weighted by Gasteiger charge is 2.29. The normalized spacial score (nSPS) is 11.1. The molecule has 0 aliphatic carbocycles. The first-order valence-electron chi connectivity index (χ1n) is 22.4. The fourth-order valence-corrected chi connectivity index (χ4v) is 10.2. The second-order valence-electron chi connectivity index (χ2n) is 16.3. The van der Waals surface area contributed by atoms with Crippen LogP contribution in [0.25, 0.3) is 50.0 Å². The van der Waals surface area contributed by atoms with Gasteiger partial charge in [0.2, 0.25) is 21.1 Å². The molecule has 0 aliphatic rings. The van der Waals surface area contributed by atoms with E-state index in [2.05, 4.69) is 56.5 Å². The van der Waals surface area contributed by atoms with Gasteiger partial charge in [-0.05, 0) is 99.3 Å². The van der Waals surface area contributed by atoms with Crippen molar-refractivity contribution < 1.29 is 42.6 Å². The van der Waals surface area contributed by atoms with Gasteiger partial charge in [-0.15, -0.1) is 20.0 Å². The van der Waals surface area contributed by atoms with Gasteiger partial charge in [0.15, 0.2) is 18.1 Å². The van der Waals surface area contributed by atoms with Crippen molar-refractivity contribution in [2.75, 3.05) is 44.4 Å². The Kier molecular flexibility index (Phi) is 14.3. The van der Waals surface area contributed by atoms with Crippen LogP contribution in [-0.4, -0.2) is 96.6 Å². The molecule has 8 heterocycles. The molecule has 22 nitrogen and oxygen atoms in total. The van der Waals surface area contributed by atoms with E-state index >= 15 is 0 Å². The number of ether oxygens (including phenoxy) is 4. The molecule has 3 amide bonds. The number of amides is 3. The fraction of sp³-hybridized carbons (Fsp3) is 0.143. The van der Waals surface area contributed by atoms with Gasteiger partial charge in [0.1, 0.15) is 38.9 Å². The summed E-state index contributed by atoms with van der Waals surface area (Å²) in [5, 5.41) is 39.9. The Hall–Kier alpha value is -8.62. The Bertz CT molecular complexity index is 3940. The molecule has 10 rings (SSSR count). The second kappa shape index (κ2) is 21.3. The molecule has 3 N–H and O–H groups in total. The van der Waals surface area contributed by atoms with Crippen LogP contribution >= 0.6 is 57.2 Å². The minimum Gasteiger partial charge on any atom is -0.496 e. The van der Waals surface area contributed by atoms with Gasteiger partial charge in [0, 0.05) is 77.5 Å². The number of carbonyl (C=O) groups is 3. The van der Waals surface area contributed by atoms with Crippen LogP contribution in [0.2, 0.25) is 10.2 Å². The molecule has 27 heteroatoms. The number of fused-ring (bicyclic) bond motifs is 1. The van der Waals surface area contributed by atoms with Gasteiger partial charge in [-0.25, -0.2) is 4.98 Å². The number of pyridine rings is 4. The highest BCUT2D eigenvalue weighted by atomic mass is 35.5. The van der Waals surface area contributed by atoms with Crippen molar-refractivity contribution in [3.05, 3.63) is 136 Å². The van der Waals surface area contributed by atoms with Gasteiger partial charge in [0.25, 0.3) is 33.3 Å². The summed E-state index contributed by atoms with van der Waals surface area (Å²) in [7, 11) is 5.92. The van der Waals surface area contributed by atoms with Gasteiger partial charge in [-0.2, -0.15) is 4.57 Å². The first-order valence-corrected chi connectivity index (χ1v) is 25.6. The third-order valence-corrected chi connectivity index (χ3v) is 14.5. The molecule has 0 saturated heterocycles. The summed E-state index contributed by atoms with van der Waals surface area (Å²) in [5.74, 6) is -1.04. The van der Waals surface area contributed by atoms with Gasteiger partial charge in [-0.3, -0.25) is 35.3 Å². The number of hydrogen-bond donors (Lipinski definition) is 3. The number of halogens is 2. The highest BCUT2D eigenvalue weighted by molar-refractivity contribution is 7.17. The first kappa shape index (κ1) is 50.9. The van der Waals surface area contributed by atoms with Crippen LogP contribution in [-0.2, 0) is 0 Å². The van der Waals surface area contributed by atoms with E-state index in [0.29, 0.717) is 77.3 Å². The van der Waals surface area contributed by atoms with Crippen molar-refractivity contribution in [2.45, 2.75) is 20.8 Å². The van der Waals surface area contributed by atoms with Gasteiger partial charge in [0.05, 0.1) is 45.0 Å². The predicted octanol–water partition coefficient (Wildman–Crippen LogP) is 8.28. The summed E-state index contributed by atoms with van der Waals surface area (Å²) < 4.78 is 25.1. The van der Waals surface area contributed by atoms with Gasteiger partial charge in [-0.1, -0.05) is 38.5 Å². The summed E-state index contributed by atoms with van der Waals surface area (Å²) in [6.45, 7) is 5.57. The molecule has 76 heavy (non-hydrogen) atoms. The summed E-state index contributed by atoms with van der Waals surface area (Å²) in [5.41, 5.74) is 7.41. The molecule has 0 unspecified atom stereocenters. The lowest BCUT2D eigenvalue weighted by Crippen LogP contribution is -2.46. The number of hydrogen-bond acceptors (Lipinski definition) is 19. The molecule has 0 atom stereocenters. The molecule has 0 saturated carbocycles. The number of nitrogens with one attached hydrogen (secondary N) is 3. The monoisotopic (exact) mass is 1120 g/mol. The van der Waals surface area contributed by atoms with E-state index in [1.807, 2.05) is 45.0 Å². The number of carbonyl (C=O) groups excluding carboxylic acids is 3. The Morgan fingerprint density at radius 2 is 1.16 bits per heavy atom. The predicted molar refractivity (Wildman–Crippen MR) is 285 cm³/mol. The van der Waals surface area contributed by atoms with Gasteiger partial charge < -0.3 is 18.9 Å². The zero-order chi connectivity index (χ0) is 53.4. The summed E-state index contributed by atoms with van der Waals surface area (Å²) >= 11 is 16.8. The van der Waals surface area contributed by atoms with Crippen LogP contribution in [0.4, 0.5) is 15.4 Å². The average Bonchev–Trinajstić information content (AvgIpc) is 4.27. The standard InChI is InChI=1S/C49H37Cl2N15O7S3/c1-23-12-31(33(20-53-23)41(67)55-44-58-61-47(71-5)74-44)32-15-28-19-54-66(38(28)18-39(32)70-4)65-22-35(43(69)57-46-60-63-49(73-7)76-46)30(14-25(65)3)26-8-9-37(36(50)16-26)64-21-34(42(68)56-45-59-62-48(72-6)75-45)29(13-24(64)2)27-10-11-52-40(51)17-27/h8-22H,1-7H3,(H-2,55,56,57,58,59,60,67,68,69)/p+2. The maximum absolute atomic E-state index is 14.6. The number of aryl methyl sites for hydroxylation is 3. The van der Waals surface area contributed by atoms with E-state index in [4.69, 9.17) is 47.2 Å². The van der Waals surface area contributed by atoms with Crippen molar-refractivity contribution in [1.82, 2.24) is 50.4 Å². The van der Waals surface area contributed by atoms with E-state index in [-0.39, 0.29) is 47.6 Å². The Balaban J connectivity index is 1.05. The molecule has 0 spiro atoms. The maximum atomic E-state index is 14.6. The van der Waals surface area contributed by atoms with Crippen molar-refractivity contribution in [3.8, 4) is 60.4 Å². The van der Waals surface area contributed by atoms with Crippen LogP contribution < -0.4 is 44.1 Å². The minimum atomic E-state index is -0.523. The summed E-state index contributed by atoms with van der Waals surface area (Å²) in [6.07, 6.45) is 8.06. The molecule has 382 valence electrons. The van der Waals surface area contributed by atoms with Crippen molar-refractivity contribution in [1.29, 1.82) is 0 Å². The van der Waals surface area contributed by atoms with E-state index < -0.39 is 17.7 Å². The van der Waals surface area contributed by atoms with Gasteiger partial charge >= 0.3 is 0 Å². The molecule has 10 aromatic rings. The van der Waals surface area contributed by atoms with Crippen LogP contribution in [0.15, 0.2) is 91.6 Å². The van der Waals surface area contributed by atoms with Crippen LogP contribution in [0, 0.1) is 20.8 Å². The van der Waals surface area contributed by atoms with Crippen molar-refractivity contribution in [2.24, 2.45) is 0 Å². The number of anilines is 3. The van der Waals surface area contributed by atoms with E-state index in [1.54, 1.807) is 75.2 Å². The molecule has 0 bridgehead atoms. The molecular formula is C49H39Cl2N15O7S3+2. The van der Waals surface area contributed by atoms with Crippen LogP contribution in [0.5, 0.6) is 21.3 Å². The van der Waals surface area contributed by atoms with E-state index in [9.17, 15) is 14.4 Å². The number of aromatic nitrogens is 12.